The molecule has 0 spiro atoms. The van der Waals surface area contributed by atoms with Crippen molar-refractivity contribution in [2.75, 3.05) is 20.6 Å². The summed E-state index contributed by atoms with van der Waals surface area (Å²) in [4.78, 5) is 16.0. The van der Waals surface area contributed by atoms with Crippen LogP contribution in [0.25, 0.3) is 0 Å². The summed E-state index contributed by atoms with van der Waals surface area (Å²) in [6.45, 7) is -2.49. The number of halogens is 4. The number of hydrogen-bond donors (Lipinski definition) is 1. The van der Waals surface area contributed by atoms with E-state index in [9.17, 15) is 18.7 Å². The van der Waals surface area contributed by atoms with Crippen molar-refractivity contribution >= 4 is 29.1 Å². The van der Waals surface area contributed by atoms with Crippen LogP contribution in [-0.2, 0) is 17.8 Å². The molecule has 2 aromatic rings. The first-order valence-electron chi connectivity index (χ1n) is 9.29. The lowest BCUT2D eigenvalue weighted by Gasteiger charge is -2.29. The van der Waals surface area contributed by atoms with Crippen LogP contribution >= 0.6 is 23.2 Å². The van der Waals surface area contributed by atoms with Gasteiger partial charge < -0.3 is 14.7 Å². The highest BCUT2D eigenvalue weighted by Crippen LogP contribution is 2.40. The Morgan fingerprint density at radius 1 is 1.23 bits per heavy atom. The molecule has 2 aromatic carbocycles. The monoisotopic (exact) mass is 458 g/mol. The van der Waals surface area contributed by atoms with Crippen molar-refractivity contribution in [1.29, 1.82) is 0 Å². The van der Waals surface area contributed by atoms with Crippen molar-refractivity contribution in [3.8, 4) is 5.75 Å². The molecule has 0 fully saturated rings. The Morgan fingerprint density at radius 3 is 2.53 bits per heavy atom. The van der Waals surface area contributed by atoms with E-state index in [-0.39, 0.29) is 24.2 Å². The van der Waals surface area contributed by atoms with Gasteiger partial charge in [-0.1, -0.05) is 35.3 Å². The molecule has 9 heteroatoms. The van der Waals surface area contributed by atoms with E-state index in [1.54, 1.807) is 43.3 Å². The lowest BCUT2D eigenvalue weighted by molar-refractivity contribution is -0.132. The number of rotatable bonds is 7. The molecular formula is C21H22Cl2F2N2O3. The number of nitrogens with zero attached hydrogens (tertiary/aromatic N) is 2. The Morgan fingerprint density at radius 2 is 1.90 bits per heavy atom. The van der Waals surface area contributed by atoms with Crippen LogP contribution in [0.5, 0.6) is 5.75 Å². The SMILES string of the molecule is CN(Cc1ccc(OC(F)F)cc1)C(=O)CN(C)C1c2cc(Cl)cc(Cl)c2CC1O. The molecule has 1 N–H and O–H groups in total. The quantitative estimate of drug-likeness (QED) is 0.677. The molecule has 5 nitrogen and oxygen atoms in total. The Bertz CT molecular complexity index is 912. The second-order valence-electron chi connectivity index (χ2n) is 7.36. The highest BCUT2D eigenvalue weighted by atomic mass is 35.5. The summed E-state index contributed by atoms with van der Waals surface area (Å²) in [5.41, 5.74) is 2.45. The second-order valence-corrected chi connectivity index (χ2v) is 8.20. The van der Waals surface area contributed by atoms with Crippen molar-refractivity contribution in [1.82, 2.24) is 9.80 Å². The Hall–Kier alpha value is -1.93. The predicted octanol–water partition coefficient (Wildman–Crippen LogP) is 4.14. The highest BCUT2D eigenvalue weighted by Gasteiger charge is 2.36. The Balaban J connectivity index is 1.63. The van der Waals surface area contributed by atoms with Crippen LogP contribution < -0.4 is 4.74 Å². The van der Waals surface area contributed by atoms with E-state index in [1.807, 2.05) is 0 Å². The molecule has 1 amide bonds. The average Bonchev–Trinajstić information content (AvgIpc) is 2.99. The zero-order chi connectivity index (χ0) is 22.0. The summed E-state index contributed by atoms with van der Waals surface area (Å²) in [5, 5.41) is 11.5. The van der Waals surface area contributed by atoms with E-state index in [2.05, 4.69) is 4.74 Å². The highest BCUT2D eigenvalue weighted by molar-refractivity contribution is 6.35. The number of aliphatic hydroxyl groups is 1. The molecule has 162 valence electrons. The molecule has 0 saturated heterocycles. The van der Waals surface area contributed by atoms with Gasteiger partial charge in [0, 0.05) is 30.1 Å². The van der Waals surface area contributed by atoms with Crippen LogP contribution in [0.2, 0.25) is 10.0 Å². The number of hydrogen-bond acceptors (Lipinski definition) is 4. The number of amides is 1. The minimum Gasteiger partial charge on any atom is -0.435 e. The smallest absolute Gasteiger partial charge is 0.387 e. The lowest BCUT2D eigenvalue weighted by atomic mass is 10.1. The van der Waals surface area contributed by atoms with Gasteiger partial charge >= 0.3 is 6.61 Å². The maximum absolute atomic E-state index is 12.7. The van der Waals surface area contributed by atoms with Crippen molar-refractivity contribution in [3.05, 3.63) is 63.1 Å². The third-order valence-corrected chi connectivity index (χ3v) is 5.70. The van der Waals surface area contributed by atoms with Crippen molar-refractivity contribution in [2.24, 2.45) is 0 Å². The maximum Gasteiger partial charge on any atom is 0.387 e. The van der Waals surface area contributed by atoms with Crippen molar-refractivity contribution in [2.45, 2.75) is 31.7 Å². The minimum atomic E-state index is -2.88. The van der Waals surface area contributed by atoms with E-state index in [4.69, 9.17) is 23.2 Å². The summed E-state index contributed by atoms with van der Waals surface area (Å²) in [6.07, 6.45) is -0.293. The summed E-state index contributed by atoms with van der Waals surface area (Å²) >= 11 is 12.4. The molecule has 0 radical (unpaired) electrons. The lowest BCUT2D eigenvalue weighted by Crippen LogP contribution is -2.40. The number of ether oxygens (including phenoxy) is 1. The maximum atomic E-state index is 12.7. The number of aliphatic hydroxyl groups excluding tert-OH is 1. The molecule has 1 aliphatic carbocycles. The molecule has 0 aliphatic heterocycles. The van der Waals surface area contributed by atoms with E-state index in [0.717, 1.165) is 16.7 Å². The van der Waals surface area contributed by atoms with Gasteiger partial charge in [-0.25, -0.2) is 0 Å². The molecule has 0 heterocycles. The van der Waals surface area contributed by atoms with E-state index >= 15 is 0 Å². The fourth-order valence-corrected chi connectivity index (χ4v) is 4.32. The normalized spacial score (nSPS) is 18.0. The molecular weight excluding hydrogens is 437 g/mol. The summed E-state index contributed by atoms with van der Waals surface area (Å²) < 4.78 is 28.8. The zero-order valence-corrected chi connectivity index (χ0v) is 18.0. The molecule has 1 aliphatic rings. The van der Waals surface area contributed by atoms with Gasteiger partial charge in [0.25, 0.3) is 0 Å². The van der Waals surface area contributed by atoms with E-state index in [1.165, 1.54) is 17.0 Å². The number of carbonyl (C=O) groups excluding carboxylic acids is 1. The zero-order valence-electron chi connectivity index (χ0n) is 16.5. The molecule has 0 saturated carbocycles. The topological polar surface area (TPSA) is 53.0 Å². The first-order valence-corrected chi connectivity index (χ1v) is 10.0. The van der Waals surface area contributed by atoms with Gasteiger partial charge in [0.05, 0.1) is 18.7 Å². The van der Waals surface area contributed by atoms with Crippen LogP contribution in [-0.4, -0.2) is 54.2 Å². The number of likely N-dealkylation sites (N-methyl/N-ethyl adjacent to an activating group) is 2. The molecule has 30 heavy (non-hydrogen) atoms. The molecule has 2 atom stereocenters. The van der Waals surface area contributed by atoms with Gasteiger partial charge in [0.2, 0.25) is 5.91 Å². The third kappa shape index (κ3) is 5.21. The van der Waals surface area contributed by atoms with Gasteiger partial charge in [0.1, 0.15) is 5.75 Å². The van der Waals surface area contributed by atoms with E-state index < -0.39 is 12.7 Å². The molecule has 0 bridgehead atoms. The summed E-state index contributed by atoms with van der Waals surface area (Å²) in [5.74, 6) is -0.0900. The molecule has 2 unspecified atom stereocenters. The van der Waals surface area contributed by atoms with Gasteiger partial charge in [-0.15, -0.1) is 0 Å². The van der Waals surface area contributed by atoms with Crippen LogP contribution in [0.4, 0.5) is 8.78 Å². The number of fused-ring (bicyclic) bond motifs is 1. The van der Waals surface area contributed by atoms with E-state index in [0.29, 0.717) is 23.0 Å². The number of benzene rings is 2. The van der Waals surface area contributed by atoms with Crippen LogP contribution in [0.15, 0.2) is 36.4 Å². The minimum absolute atomic E-state index is 0.0636. The van der Waals surface area contributed by atoms with Crippen LogP contribution in [0.1, 0.15) is 22.7 Å². The summed E-state index contributed by atoms with van der Waals surface area (Å²) in [7, 11) is 3.42. The van der Waals surface area contributed by atoms with Crippen LogP contribution in [0.3, 0.4) is 0 Å². The number of alkyl halides is 2. The Labute approximate surface area is 183 Å². The first kappa shape index (κ1) is 22.7. The summed E-state index contributed by atoms with van der Waals surface area (Å²) in [6, 6.07) is 9.17. The van der Waals surface area contributed by atoms with Crippen molar-refractivity contribution in [3.63, 3.8) is 0 Å². The van der Waals surface area contributed by atoms with Gasteiger partial charge in [0.15, 0.2) is 0 Å². The molecule has 0 aromatic heterocycles. The van der Waals surface area contributed by atoms with Gasteiger partial charge in [-0.3, -0.25) is 9.69 Å². The standard InChI is InChI=1S/C21H22Cl2F2N2O3/c1-26(10-12-3-5-14(6-4-12)30-21(24)25)19(29)11-27(2)20-16-7-13(22)8-17(23)15(16)9-18(20)28/h3-8,18,20-21,28H,9-11H2,1-2H3. The second kappa shape index (κ2) is 9.47. The average molecular weight is 459 g/mol. The van der Waals surface area contributed by atoms with Crippen molar-refractivity contribution < 1.29 is 23.4 Å². The molecule has 3 rings (SSSR count). The largest absolute Gasteiger partial charge is 0.435 e. The van der Waals surface area contributed by atoms with Crippen LogP contribution in [0, 0.1) is 0 Å². The first-order chi connectivity index (χ1) is 14.2. The van der Waals surface area contributed by atoms with Gasteiger partial charge in [-0.05, 0) is 48.0 Å². The number of carbonyl (C=O) groups is 1. The fraction of sp³-hybridized carbons (Fsp3) is 0.381. The predicted molar refractivity (Wildman–Crippen MR) is 111 cm³/mol. The Kier molecular flexibility index (Phi) is 7.18. The van der Waals surface area contributed by atoms with Gasteiger partial charge in [-0.2, -0.15) is 8.78 Å². The third-order valence-electron chi connectivity index (χ3n) is 5.14. The fourth-order valence-electron chi connectivity index (χ4n) is 3.73.